The van der Waals surface area contributed by atoms with Gasteiger partial charge >= 0.3 is 6.18 Å². The highest BCUT2D eigenvalue weighted by molar-refractivity contribution is 5.76. The second-order valence-electron chi connectivity index (χ2n) is 9.47. The van der Waals surface area contributed by atoms with E-state index in [9.17, 15) is 23.1 Å². The lowest BCUT2D eigenvalue weighted by atomic mass is 9.94. The van der Waals surface area contributed by atoms with Crippen LogP contribution in [-0.2, 0) is 27.0 Å². The van der Waals surface area contributed by atoms with E-state index < -0.39 is 17.8 Å². The molecule has 1 amide bonds. The number of rotatable bonds is 8. The van der Waals surface area contributed by atoms with Crippen LogP contribution in [0.3, 0.4) is 0 Å². The van der Waals surface area contributed by atoms with Gasteiger partial charge in [0, 0.05) is 25.7 Å². The van der Waals surface area contributed by atoms with Crippen LogP contribution in [-0.4, -0.2) is 92.1 Å². The van der Waals surface area contributed by atoms with Crippen LogP contribution >= 0.6 is 0 Å². The SMILES string of the molecule is CN(C)CCCNC(=O)C[C@H]1CC[C@@H]2[C@H](COC[C@@H](O)CN2Cc2cccc(C(F)(F)F)c2)O1. The number of carbonyl (C=O) groups excluding carboxylic acids is 1. The summed E-state index contributed by atoms with van der Waals surface area (Å²) in [7, 11) is 3.97. The normalized spacial score (nSPS) is 26.6. The summed E-state index contributed by atoms with van der Waals surface area (Å²) in [5.41, 5.74) is -0.157. The topological polar surface area (TPSA) is 74.3 Å². The van der Waals surface area contributed by atoms with Gasteiger partial charge in [-0.2, -0.15) is 13.2 Å². The van der Waals surface area contributed by atoms with E-state index >= 15 is 0 Å². The zero-order valence-corrected chi connectivity index (χ0v) is 19.9. The van der Waals surface area contributed by atoms with Gasteiger partial charge in [0.1, 0.15) is 0 Å². The lowest BCUT2D eigenvalue weighted by Gasteiger charge is -2.44. The van der Waals surface area contributed by atoms with Gasteiger partial charge in [0.25, 0.3) is 0 Å². The van der Waals surface area contributed by atoms with Crippen LogP contribution in [0.25, 0.3) is 0 Å². The van der Waals surface area contributed by atoms with E-state index in [1.807, 2.05) is 19.0 Å². The van der Waals surface area contributed by atoms with Crippen molar-refractivity contribution >= 4 is 5.91 Å². The number of alkyl halides is 3. The summed E-state index contributed by atoms with van der Waals surface area (Å²) in [6.45, 7) is 2.45. The van der Waals surface area contributed by atoms with Gasteiger partial charge in [-0.3, -0.25) is 9.69 Å². The monoisotopic (exact) mass is 487 g/mol. The van der Waals surface area contributed by atoms with Crippen LogP contribution < -0.4 is 5.32 Å². The van der Waals surface area contributed by atoms with Gasteiger partial charge in [0.2, 0.25) is 5.91 Å². The molecule has 7 nitrogen and oxygen atoms in total. The molecule has 2 fully saturated rings. The number of nitrogens with zero attached hydrogens (tertiary/aromatic N) is 2. The molecule has 2 N–H and O–H groups in total. The molecular weight excluding hydrogens is 451 g/mol. The highest BCUT2D eigenvalue weighted by Gasteiger charge is 2.38. The fourth-order valence-corrected chi connectivity index (χ4v) is 4.61. The number of benzene rings is 1. The number of hydrogen-bond acceptors (Lipinski definition) is 6. The number of nitrogens with one attached hydrogen (secondary N) is 1. The molecule has 4 atom stereocenters. The van der Waals surface area contributed by atoms with Crippen molar-refractivity contribution in [2.24, 2.45) is 0 Å². The fraction of sp³-hybridized carbons (Fsp3) is 0.708. The Morgan fingerprint density at radius 3 is 2.79 bits per heavy atom. The predicted molar refractivity (Wildman–Crippen MR) is 121 cm³/mol. The Bertz CT molecular complexity index is 793. The minimum absolute atomic E-state index is 0.0507. The van der Waals surface area contributed by atoms with Crippen LogP contribution in [0.5, 0.6) is 0 Å². The van der Waals surface area contributed by atoms with Crippen molar-refractivity contribution in [1.29, 1.82) is 0 Å². The van der Waals surface area contributed by atoms with E-state index in [0.29, 0.717) is 24.9 Å². The number of fused-ring (bicyclic) bond motifs is 1. The average molecular weight is 488 g/mol. The van der Waals surface area contributed by atoms with Crippen molar-refractivity contribution in [2.75, 3.05) is 46.9 Å². The van der Waals surface area contributed by atoms with Crippen LogP contribution in [0.2, 0.25) is 0 Å². The Balaban J connectivity index is 1.60. The second-order valence-corrected chi connectivity index (χ2v) is 9.47. The molecule has 1 aromatic carbocycles. The van der Waals surface area contributed by atoms with Gasteiger partial charge in [0.05, 0.1) is 43.5 Å². The van der Waals surface area contributed by atoms with Crippen molar-refractivity contribution < 1.29 is 32.5 Å². The molecule has 0 unspecified atom stereocenters. The smallest absolute Gasteiger partial charge is 0.389 e. The van der Waals surface area contributed by atoms with Crippen LogP contribution in [0.4, 0.5) is 13.2 Å². The van der Waals surface area contributed by atoms with Gasteiger partial charge in [-0.05, 0) is 51.5 Å². The van der Waals surface area contributed by atoms with Crippen LogP contribution in [0.1, 0.15) is 36.8 Å². The maximum absolute atomic E-state index is 13.2. The maximum atomic E-state index is 13.2. The molecule has 2 saturated heterocycles. The lowest BCUT2D eigenvalue weighted by Crippen LogP contribution is -2.55. The number of aliphatic hydroxyl groups is 1. The Labute approximate surface area is 199 Å². The Kier molecular flexibility index (Phi) is 9.73. The zero-order chi connectivity index (χ0) is 24.7. The summed E-state index contributed by atoms with van der Waals surface area (Å²) >= 11 is 0. The van der Waals surface area contributed by atoms with E-state index in [1.54, 1.807) is 6.07 Å². The van der Waals surface area contributed by atoms with Crippen molar-refractivity contribution in [2.45, 2.75) is 62.8 Å². The van der Waals surface area contributed by atoms with Gasteiger partial charge in [0.15, 0.2) is 0 Å². The van der Waals surface area contributed by atoms with E-state index in [0.717, 1.165) is 25.1 Å². The second kappa shape index (κ2) is 12.3. The highest BCUT2D eigenvalue weighted by atomic mass is 19.4. The van der Waals surface area contributed by atoms with E-state index in [4.69, 9.17) is 9.47 Å². The lowest BCUT2D eigenvalue weighted by molar-refractivity contribution is -0.158. The molecule has 0 bridgehead atoms. The standard InChI is InChI=1S/C24H36F3N3O4/c1-29(2)10-4-9-28-23(32)12-20-7-8-21-22(34-20)16-33-15-19(31)14-30(21)13-17-5-3-6-18(11-17)24(25,26)27/h3,5-6,11,19-22,31H,4,7-10,12-16H2,1-2H3,(H,28,32)/t19-,20+,21+,22-/m0/s1. The van der Waals surface area contributed by atoms with E-state index in [2.05, 4.69) is 10.2 Å². The number of amides is 1. The number of carbonyl (C=O) groups is 1. The zero-order valence-electron chi connectivity index (χ0n) is 19.9. The molecule has 192 valence electrons. The first-order valence-electron chi connectivity index (χ1n) is 11.8. The molecular formula is C24H36F3N3O4. The minimum Gasteiger partial charge on any atom is -0.389 e. The van der Waals surface area contributed by atoms with E-state index in [1.165, 1.54) is 6.07 Å². The van der Waals surface area contributed by atoms with Gasteiger partial charge in [-0.1, -0.05) is 18.2 Å². The van der Waals surface area contributed by atoms with E-state index in [-0.39, 0.29) is 56.9 Å². The molecule has 10 heteroatoms. The van der Waals surface area contributed by atoms with Crippen molar-refractivity contribution in [3.05, 3.63) is 35.4 Å². The molecule has 1 aromatic rings. The molecule has 0 saturated carbocycles. The van der Waals surface area contributed by atoms with Crippen LogP contribution in [0.15, 0.2) is 24.3 Å². The fourth-order valence-electron chi connectivity index (χ4n) is 4.61. The van der Waals surface area contributed by atoms with Crippen molar-refractivity contribution in [3.63, 3.8) is 0 Å². The number of aliphatic hydroxyl groups excluding tert-OH is 1. The molecule has 3 rings (SSSR count). The third-order valence-corrected chi connectivity index (χ3v) is 6.24. The average Bonchev–Trinajstić information content (AvgIpc) is 2.75. The Hall–Kier alpha value is -1.72. The molecule has 2 aliphatic heterocycles. The Morgan fingerprint density at radius 2 is 2.06 bits per heavy atom. The summed E-state index contributed by atoms with van der Waals surface area (Å²) in [6, 6.07) is 5.17. The summed E-state index contributed by atoms with van der Waals surface area (Å²) in [5, 5.41) is 13.2. The number of ether oxygens (including phenoxy) is 2. The van der Waals surface area contributed by atoms with Crippen LogP contribution in [0, 0.1) is 0 Å². The molecule has 0 radical (unpaired) electrons. The quantitative estimate of drug-likeness (QED) is 0.548. The summed E-state index contributed by atoms with van der Waals surface area (Å²) in [5.74, 6) is -0.0507. The third kappa shape index (κ3) is 8.20. The largest absolute Gasteiger partial charge is 0.416 e. The molecule has 0 aromatic heterocycles. The first-order chi connectivity index (χ1) is 16.1. The first-order valence-corrected chi connectivity index (χ1v) is 11.8. The minimum atomic E-state index is -4.41. The number of β-amino-alcohol motifs (C(OH)–C–C–N with tert-alkyl or cyclic N) is 1. The molecule has 2 aliphatic rings. The molecule has 0 spiro atoms. The van der Waals surface area contributed by atoms with Crippen molar-refractivity contribution in [1.82, 2.24) is 15.1 Å². The summed E-state index contributed by atoms with van der Waals surface area (Å²) in [6.07, 6.45) is -3.21. The molecule has 2 heterocycles. The van der Waals surface area contributed by atoms with Gasteiger partial charge < -0.3 is 24.8 Å². The maximum Gasteiger partial charge on any atom is 0.416 e. The highest BCUT2D eigenvalue weighted by Crippen LogP contribution is 2.32. The van der Waals surface area contributed by atoms with Gasteiger partial charge in [-0.15, -0.1) is 0 Å². The Morgan fingerprint density at radius 1 is 1.26 bits per heavy atom. The predicted octanol–water partition coefficient (Wildman–Crippen LogP) is 2.27. The number of halogens is 3. The molecule has 34 heavy (non-hydrogen) atoms. The van der Waals surface area contributed by atoms with Gasteiger partial charge in [-0.25, -0.2) is 0 Å². The number of hydrogen-bond donors (Lipinski definition) is 2. The molecule has 0 aliphatic carbocycles. The summed E-state index contributed by atoms with van der Waals surface area (Å²) in [4.78, 5) is 16.4. The first kappa shape index (κ1) is 26.9. The third-order valence-electron chi connectivity index (χ3n) is 6.24. The van der Waals surface area contributed by atoms with Crippen molar-refractivity contribution in [3.8, 4) is 0 Å². The summed E-state index contributed by atoms with van der Waals surface area (Å²) < 4.78 is 51.3.